The smallest absolute Gasteiger partial charge is 0.356 e. The minimum Gasteiger partial charge on any atom is -0.356 e. The molecule has 26 heteroatoms. The van der Waals surface area contributed by atoms with Crippen LogP contribution in [0.25, 0.3) is 0 Å². The van der Waals surface area contributed by atoms with Crippen LogP contribution in [-0.4, -0.2) is 53.7 Å². The Morgan fingerprint density at radius 1 is 0.338 bits per heavy atom. The van der Waals surface area contributed by atoms with Crippen molar-refractivity contribution in [3.05, 3.63) is 268 Å². The van der Waals surface area contributed by atoms with Crippen LogP contribution < -0.4 is 21.3 Å². The molecule has 4 amide bonds. The van der Waals surface area contributed by atoms with E-state index in [-0.39, 0.29) is 68.4 Å². The molecule has 0 saturated carbocycles. The monoisotopic (exact) mass is 1270 g/mol. The first-order chi connectivity index (χ1) is 34.5. The fourth-order valence-corrected chi connectivity index (χ4v) is 5.44. The van der Waals surface area contributed by atoms with Crippen LogP contribution in [0, 0.1) is 30.6 Å². The molecule has 0 atom stereocenters. The summed E-state index contributed by atoms with van der Waals surface area (Å²) in [6, 6.07) is 41.5. The van der Waals surface area contributed by atoms with E-state index in [4.69, 9.17) is 77.0 Å². The van der Waals surface area contributed by atoms with Crippen molar-refractivity contribution in [2.45, 2.75) is 0 Å². The first kappa shape index (κ1) is 64.4. The van der Waals surface area contributed by atoms with Crippen molar-refractivity contribution < 1.29 is 74.1 Å². The standard InChI is InChI=1S/4C12H9ClN2O.2Ag.2NO3/c4*13-10-3-5-11(6-4-10)15-12(16)9-2-1-7-14-8-9;;;2*2-1(3)4/h4*1-8H,(H,15,16);;;;/q;;;;2*+1;2*-1. The number of carbonyl (C=O) groups excluding carboxylic acids is 4. The molecule has 0 unspecified atom stereocenters. The molecule has 0 aliphatic heterocycles. The van der Waals surface area contributed by atoms with Gasteiger partial charge < -0.3 is 51.9 Å². The molecule has 4 aromatic carbocycles. The number of pyridine rings is 4. The van der Waals surface area contributed by atoms with E-state index >= 15 is 0 Å². The third-order valence-electron chi connectivity index (χ3n) is 8.10. The van der Waals surface area contributed by atoms with Crippen molar-refractivity contribution in [3.8, 4) is 0 Å². The minimum atomic E-state index is -1.75. The Morgan fingerprint density at radius 3 is 0.635 bits per heavy atom. The van der Waals surface area contributed by atoms with Gasteiger partial charge in [-0.15, -0.1) is 0 Å². The Bertz CT molecular complexity index is 2540. The number of carbonyl (C=O) groups is 4. The summed E-state index contributed by atoms with van der Waals surface area (Å²) in [6.45, 7) is 0. The molecule has 0 radical (unpaired) electrons. The van der Waals surface area contributed by atoms with Gasteiger partial charge in [0.05, 0.1) is 32.4 Å². The van der Waals surface area contributed by atoms with Gasteiger partial charge in [0.15, 0.2) is 0 Å². The second kappa shape index (κ2) is 36.3. The Hall–Kier alpha value is -7.60. The number of halogens is 4. The van der Waals surface area contributed by atoms with Crippen molar-refractivity contribution in [1.29, 1.82) is 0 Å². The number of hydrogen-bond donors (Lipinski definition) is 4. The topological polar surface area (TPSA) is 300 Å². The fourth-order valence-electron chi connectivity index (χ4n) is 4.93. The van der Waals surface area contributed by atoms with Crippen LogP contribution in [0.3, 0.4) is 0 Å². The van der Waals surface area contributed by atoms with Gasteiger partial charge in [-0.25, -0.2) is 0 Å². The van der Waals surface area contributed by atoms with E-state index in [1.807, 2.05) is 0 Å². The number of rotatable bonds is 8. The number of benzene rings is 4. The van der Waals surface area contributed by atoms with E-state index < -0.39 is 10.2 Å². The molecular formula is C48H36Ag2Cl4N10O10. The Morgan fingerprint density at radius 2 is 0.500 bits per heavy atom. The van der Waals surface area contributed by atoms with Gasteiger partial charge in [-0.05, 0) is 146 Å². The zero-order valence-electron chi connectivity index (χ0n) is 37.4. The summed E-state index contributed by atoms with van der Waals surface area (Å²) >= 11 is 23.0. The summed E-state index contributed by atoms with van der Waals surface area (Å²) in [6.07, 6.45) is 12.6. The number of nitrogens with one attached hydrogen (secondary N) is 4. The predicted octanol–water partition coefficient (Wildman–Crippen LogP) is 11.5. The van der Waals surface area contributed by atoms with Crippen LogP contribution in [0.15, 0.2) is 195 Å². The van der Waals surface area contributed by atoms with Crippen LogP contribution in [0.2, 0.25) is 20.1 Å². The summed E-state index contributed by atoms with van der Waals surface area (Å²) in [5.41, 5.74) is 4.93. The Kier molecular flexibility index (Phi) is 31.6. The van der Waals surface area contributed by atoms with Gasteiger partial charge in [0.1, 0.15) is 0 Å². The molecule has 4 heterocycles. The molecule has 388 valence electrons. The molecule has 0 fully saturated rings. The van der Waals surface area contributed by atoms with E-state index in [1.165, 1.54) is 24.8 Å². The molecule has 0 spiro atoms. The van der Waals surface area contributed by atoms with Crippen LogP contribution in [0.4, 0.5) is 22.7 Å². The number of anilines is 4. The first-order valence-electron chi connectivity index (χ1n) is 20.0. The second-order valence-corrected chi connectivity index (χ2v) is 15.0. The summed E-state index contributed by atoms with van der Waals surface area (Å²) in [5, 5.41) is 43.0. The number of aromatic nitrogens is 4. The molecule has 0 bridgehead atoms. The van der Waals surface area contributed by atoms with Crippen molar-refractivity contribution >= 4 is 92.8 Å². The molecule has 4 N–H and O–H groups in total. The molecule has 8 aromatic rings. The third-order valence-corrected chi connectivity index (χ3v) is 9.11. The van der Waals surface area contributed by atoms with Crippen molar-refractivity contribution in [1.82, 2.24) is 19.9 Å². The van der Waals surface area contributed by atoms with Crippen LogP contribution in [0.1, 0.15) is 41.4 Å². The van der Waals surface area contributed by atoms with E-state index in [1.54, 1.807) is 170 Å². The molecule has 0 aliphatic rings. The minimum absolute atomic E-state index is 0. The molecular weight excluding hydrogens is 1230 g/mol. The van der Waals surface area contributed by atoms with E-state index in [9.17, 15) is 19.2 Å². The molecule has 74 heavy (non-hydrogen) atoms. The van der Waals surface area contributed by atoms with Crippen LogP contribution in [0.5, 0.6) is 0 Å². The maximum absolute atomic E-state index is 11.7. The van der Waals surface area contributed by atoms with Gasteiger partial charge in [-0.2, -0.15) is 0 Å². The Balaban J connectivity index is 0.000000466. The second-order valence-electron chi connectivity index (χ2n) is 13.3. The quantitative estimate of drug-likeness (QED) is 0.0625. The normalized spacial score (nSPS) is 9.14. The first-order valence-corrected chi connectivity index (χ1v) is 21.5. The molecule has 4 aromatic heterocycles. The molecule has 0 saturated heterocycles. The van der Waals surface area contributed by atoms with Gasteiger partial charge in [-0.1, -0.05) is 46.4 Å². The maximum Gasteiger partial charge on any atom is 1.00 e. The van der Waals surface area contributed by atoms with Gasteiger partial charge in [0.2, 0.25) is 0 Å². The number of nitrogens with zero attached hydrogens (tertiary/aromatic N) is 6. The zero-order valence-corrected chi connectivity index (χ0v) is 43.3. The summed E-state index contributed by atoms with van der Waals surface area (Å²) in [5.74, 6) is -0.739. The van der Waals surface area contributed by atoms with Gasteiger partial charge in [0.25, 0.3) is 23.6 Å². The van der Waals surface area contributed by atoms with Gasteiger partial charge in [-0.3, -0.25) is 39.1 Å². The fraction of sp³-hybridized carbons (Fsp3) is 0. The Labute approximate surface area is 472 Å². The largest absolute Gasteiger partial charge is 1.00 e. The number of hydrogen-bond acceptors (Lipinski definition) is 14. The summed E-state index contributed by atoms with van der Waals surface area (Å²) in [4.78, 5) is 78.9. The van der Waals surface area contributed by atoms with Gasteiger partial charge >= 0.3 is 44.8 Å². The zero-order chi connectivity index (χ0) is 52.7. The maximum atomic E-state index is 11.7. The molecule has 8 rings (SSSR count). The van der Waals surface area contributed by atoms with Crippen molar-refractivity contribution in [2.75, 3.05) is 21.3 Å². The van der Waals surface area contributed by atoms with E-state index in [0.29, 0.717) is 65.1 Å². The summed E-state index contributed by atoms with van der Waals surface area (Å²) < 4.78 is 0. The van der Waals surface area contributed by atoms with E-state index in [0.717, 1.165) is 0 Å². The number of amides is 4. The molecule has 20 nitrogen and oxygen atoms in total. The third kappa shape index (κ3) is 27.9. The van der Waals surface area contributed by atoms with E-state index in [2.05, 4.69) is 41.2 Å². The SMILES string of the molecule is O=C(Nc1ccc(Cl)cc1)c1cccnc1.O=C(Nc1ccc(Cl)cc1)c1cccnc1.O=C(Nc1ccc(Cl)cc1)c1cccnc1.O=C(Nc1ccc(Cl)cc1)c1cccnc1.O=[N+]([O-])[O-].O=[N+]([O-])[O-].[Ag+].[Ag+]. The van der Waals surface area contributed by atoms with Crippen LogP contribution in [-0.2, 0) is 44.8 Å². The average molecular weight is 1270 g/mol. The van der Waals surface area contributed by atoms with Gasteiger partial charge in [0, 0.05) is 92.4 Å². The van der Waals surface area contributed by atoms with Crippen molar-refractivity contribution in [3.63, 3.8) is 0 Å². The summed E-state index contributed by atoms with van der Waals surface area (Å²) in [7, 11) is 0. The predicted molar refractivity (Wildman–Crippen MR) is 275 cm³/mol. The average Bonchev–Trinajstić information content (AvgIpc) is 3.38. The van der Waals surface area contributed by atoms with Crippen molar-refractivity contribution in [2.24, 2.45) is 0 Å². The molecule has 0 aliphatic carbocycles. The van der Waals surface area contributed by atoms with Crippen LogP contribution >= 0.6 is 46.4 Å².